The Morgan fingerprint density at radius 1 is 1.21 bits per heavy atom. The lowest BCUT2D eigenvalue weighted by Crippen LogP contribution is -2.50. The molecule has 2 aromatic rings. The fourth-order valence-corrected chi connectivity index (χ4v) is 4.80. The maximum atomic E-state index is 6.13. The molecular weight excluding hydrogens is 495 g/mol. The first-order valence-electron chi connectivity index (χ1n) is 10.3. The summed E-state index contributed by atoms with van der Waals surface area (Å²) >= 11 is 1.81. The van der Waals surface area contributed by atoms with Gasteiger partial charge in [-0.15, -0.1) is 35.3 Å². The predicted octanol–water partition coefficient (Wildman–Crippen LogP) is 3.46. The maximum Gasteiger partial charge on any atom is 0.194 e. The molecule has 3 heterocycles. The van der Waals surface area contributed by atoms with E-state index in [4.69, 9.17) is 9.73 Å². The average Bonchev–Trinajstić information content (AvgIpc) is 3.38. The van der Waals surface area contributed by atoms with Crippen LogP contribution in [0.2, 0.25) is 0 Å². The predicted molar refractivity (Wildman–Crippen MR) is 131 cm³/mol. The van der Waals surface area contributed by atoms with E-state index in [1.807, 2.05) is 11.3 Å². The molecule has 5 nitrogen and oxygen atoms in total. The van der Waals surface area contributed by atoms with Gasteiger partial charge in [-0.05, 0) is 23.9 Å². The third-order valence-electron chi connectivity index (χ3n) is 5.48. The highest BCUT2D eigenvalue weighted by Crippen LogP contribution is 2.24. The van der Waals surface area contributed by atoms with Crippen LogP contribution in [0.25, 0.3) is 0 Å². The van der Waals surface area contributed by atoms with Crippen molar-refractivity contribution in [2.45, 2.75) is 32.0 Å². The lowest BCUT2D eigenvalue weighted by Gasteiger charge is -2.36. The van der Waals surface area contributed by atoms with Crippen LogP contribution in [0.4, 0.5) is 0 Å². The first-order chi connectivity index (χ1) is 13.8. The van der Waals surface area contributed by atoms with Crippen molar-refractivity contribution in [3.8, 4) is 0 Å². The number of thiophene rings is 1. The normalized spacial score (nSPS) is 22.2. The minimum Gasteiger partial charge on any atom is -0.373 e. The second-order valence-corrected chi connectivity index (χ2v) is 8.43. The maximum absolute atomic E-state index is 6.13. The Bertz CT molecular complexity index is 755. The van der Waals surface area contributed by atoms with Crippen molar-refractivity contribution in [3.63, 3.8) is 0 Å². The summed E-state index contributed by atoms with van der Waals surface area (Å²) in [4.78, 5) is 11.3. The number of hydrogen-bond donors (Lipinski definition) is 1. The van der Waals surface area contributed by atoms with Crippen LogP contribution in [0.1, 0.15) is 17.4 Å². The molecule has 158 valence electrons. The lowest BCUT2D eigenvalue weighted by atomic mass is 10.1. The van der Waals surface area contributed by atoms with E-state index < -0.39 is 0 Å². The molecule has 0 saturated carbocycles. The molecule has 0 amide bonds. The van der Waals surface area contributed by atoms with Gasteiger partial charge in [0.1, 0.15) is 0 Å². The molecule has 2 aliphatic rings. The van der Waals surface area contributed by atoms with Gasteiger partial charge in [-0.2, -0.15) is 0 Å². The Morgan fingerprint density at radius 3 is 2.83 bits per heavy atom. The minimum absolute atomic E-state index is 0. The van der Waals surface area contributed by atoms with Crippen molar-refractivity contribution in [1.29, 1.82) is 0 Å². The number of benzene rings is 1. The molecule has 0 radical (unpaired) electrons. The van der Waals surface area contributed by atoms with Crippen LogP contribution < -0.4 is 5.32 Å². The summed E-state index contributed by atoms with van der Waals surface area (Å²) in [6.45, 7) is 8.54. The highest BCUT2D eigenvalue weighted by Gasteiger charge is 2.41. The molecule has 1 aromatic carbocycles. The van der Waals surface area contributed by atoms with E-state index in [0.29, 0.717) is 6.04 Å². The zero-order valence-electron chi connectivity index (χ0n) is 17.0. The number of likely N-dealkylation sites (tertiary alicyclic amines) is 1. The second kappa shape index (κ2) is 11.3. The molecule has 0 bridgehead atoms. The molecule has 29 heavy (non-hydrogen) atoms. The Labute approximate surface area is 195 Å². The van der Waals surface area contributed by atoms with E-state index in [-0.39, 0.29) is 30.1 Å². The van der Waals surface area contributed by atoms with Crippen molar-refractivity contribution < 1.29 is 4.74 Å². The molecule has 0 spiro atoms. The van der Waals surface area contributed by atoms with Gasteiger partial charge in [0.2, 0.25) is 0 Å². The van der Waals surface area contributed by atoms with Crippen molar-refractivity contribution in [2.24, 2.45) is 4.99 Å². The van der Waals surface area contributed by atoms with Gasteiger partial charge in [-0.3, -0.25) is 9.89 Å². The zero-order chi connectivity index (χ0) is 19.2. The Kier molecular flexibility index (Phi) is 8.77. The Hall–Kier alpha value is -1.16. The zero-order valence-corrected chi connectivity index (χ0v) is 20.1. The number of aliphatic imine (C=N–C) groups is 1. The van der Waals surface area contributed by atoms with Gasteiger partial charge < -0.3 is 15.0 Å². The molecule has 2 atom stereocenters. The number of nitrogens with zero attached hydrogens (tertiary/aromatic N) is 3. The summed E-state index contributed by atoms with van der Waals surface area (Å²) in [6.07, 6.45) is 1.27. The molecular formula is C22H31IN4OS. The van der Waals surface area contributed by atoms with E-state index in [0.717, 1.165) is 58.3 Å². The van der Waals surface area contributed by atoms with E-state index in [1.165, 1.54) is 10.4 Å². The lowest BCUT2D eigenvalue weighted by molar-refractivity contribution is -0.0502. The number of guanidine groups is 1. The van der Waals surface area contributed by atoms with Crippen LogP contribution in [0.15, 0.2) is 52.8 Å². The highest BCUT2D eigenvalue weighted by atomic mass is 127. The minimum atomic E-state index is 0. The van der Waals surface area contributed by atoms with Crippen LogP contribution in [0.3, 0.4) is 0 Å². The number of morpholine rings is 1. The first kappa shape index (κ1) is 22.5. The van der Waals surface area contributed by atoms with E-state index in [2.05, 4.69) is 69.9 Å². The summed E-state index contributed by atoms with van der Waals surface area (Å²) in [5, 5.41) is 5.62. The van der Waals surface area contributed by atoms with Crippen LogP contribution >= 0.6 is 35.3 Å². The summed E-state index contributed by atoms with van der Waals surface area (Å²) in [5.41, 5.74) is 1.37. The molecule has 2 fully saturated rings. The highest BCUT2D eigenvalue weighted by molar-refractivity contribution is 14.0. The number of fused-ring (bicyclic) bond motifs is 1. The largest absolute Gasteiger partial charge is 0.373 e. The SMILES string of the molecule is CCNC(=NCCc1cccs1)N1CC2OCCN(Cc3ccccc3)C2C1.I. The summed E-state index contributed by atoms with van der Waals surface area (Å²) in [6, 6.07) is 15.5. The second-order valence-electron chi connectivity index (χ2n) is 7.40. The fourth-order valence-electron chi connectivity index (χ4n) is 4.10. The van der Waals surface area contributed by atoms with E-state index >= 15 is 0 Å². The molecule has 2 unspecified atom stereocenters. The summed E-state index contributed by atoms with van der Waals surface area (Å²) in [5.74, 6) is 1.02. The number of rotatable bonds is 6. The van der Waals surface area contributed by atoms with E-state index in [1.54, 1.807) is 0 Å². The number of nitrogens with one attached hydrogen (secondary N) is 1. The van der Waals surface area contributed by atoms with Crippen molar-refractivity contribution in [1.82, 2.24) is 15.1 Å². The number of hydrogen-bond acceptors (Lipinski definition) is 4. The van der Waals surface area contributed by atoms with Crippen molar-refractivity contribution in [2.75, 3.05) is 39.3 Å². The van der Waals surface area contributed by atoms with E-state index in [9.17, 15) is 0 Å². The summed E-state index contributed by atoms with van der Waals surface area (Å²) in [7, 11) is 0. The van der Waals surface area contributed by atoms with Crippen molar-refractivity contribution >= 4 is 41.3 Å². The van der Waals surface area contributed by atoms with Gasteiger partial charge in [0.25, 0.3) is 0 Å². The molecule has 1 aromatic heterocycles. The quantitative estimate of drug-likeness (QED) is 0.356. The Balaban J connectivity index is 0.00000240. The van der Waals surface area contributed by atoms with Crippen LogP contribution in [0, 0.1) is 0 Å². The smallest absolute Gasteiger partial charge is 0.194 e. The van der Waals surface area contributed by atoms with Gasteiger partial charge in [0.05, 0.1) is 18.8 Å². The third kappa shape index (κ3) is 5.93. The standard InChI is InChI=1S/C22H30N4OS.HI/c1-2-23-22(24-11-10-19-9-6-14-28-19)26-16-20-21(17-26)27-13-12-25(20)15-18-7-4-3-5-8-18;/h3-9,14,20-21H,2,10-13,15-17H2,1H3,(H,23,24);1H. The van der Waals surface area contributed by atoms with Gasteiger partial charge in [0.15, 0.2) is 5.96 Å². The van der Waals surface area contributed by atoms with Gasteiger partial charge in [-0.25, -0.2) is 0 Å². The van der Waals surface area contributed by atoms with Gasteiger partial charge >= 0.3 is 0 Å². The number of halogens is 1. The third-order valence-corrected chi connectivity index (χ3v) is 6.42. The molecule has 2 saturated heterocycles. The van der Waals surface area contributed by atoms with Gasteiger partial charge in [-0.1, -0.05) is 36.4 Å². The van der Waals surface area contributed by atoms with Crippen LogP contribution in [-0.2, 0) is 17.7 Å². The Morgan fingerprint density at radius 2 is 2.07 bits per heavy atom. The van der Waals surface area contributed by atoms with Crippen LogP contribution in [-0.4, -0.2) is 67.2 Å². The fraction of sp³-hybridized carbons (Fsp3) is 0.500. The summed E-state index contributed by atoms with van der Waals surface area (Å²) < 4.78 is 6.13. The molecule has 2 aliphatic heterocycles. The molecule has 0 aliphatic carbocycles. The topological polar surface area (TPSA) is 40.1 Å². The monoisotopic (exact) mass is 526 g/mol. The molecule has 1 N–H and O–H groups in total. The average molecular weight is 526 g/mol. The molecule has 7 heteroatoms. The van der Waals surface area contributed by atoms with Crippen LogP contribution in [0.5, 0.6) is 0 Å². The van der Waals surface area contributed by atoms with Gasteiger partial charge in [0, 0.05) is 50.6 Å². The van der Waals surface area contributed by atoms with Crippen molar-refractivity contribution in [3.05, 3.63) is 58.3 Å². The first-order valence-corrected chi connectivity index (χ1v) is 11.2. The molecule has 4 rings (SSSR count). The number of ether oxygens (including phenoxy) is 1.